The molecule has 0 aromatic rings. The van der Waals surface area contributed by atoms with Gasteiger partial charge < -0.3 is 0 Å². The topological polar surface area (TPSA) is 151 Å². The minimum absolute atomic E-state index is 0.149. The van der Waals surface area contributed by atoms with Crippen LogP contribution in [0.5, 0.6) is 0 Å². The highest BCUT2D eigenvalue weighted by Crippen LogP contribution is 2.31. The average Bonchev–Trinajstić information content (AvgIpc) is 2.47. The highest BCUT2D eigenvalue weighted by atomic mass is 16.2. The summed E-state index contributed by atoms with van der Waals surface area (Å²) in [5, 5.41) is 8.17. The molecule has 0 aliphatic carbocycles. The highest BCUT2D eigenvalue weighted by Gasteiger charge is 2.47. The van der Waals surface area contributed by atoms with Gasteiger partial charge in [0.15, 0.2) is 0 Å². The van der Waals surface area contributed by atoms with E-state index in [1.165, 1.54) is 13.8 Å². The maximum Gasteiger partial charge on any atom is 0.328 e. The van der Waals surface area contributed by atoms with Gasteiger partial charge in [0.1, 0.15) is 10.8 Å². The van der Waals surface area contributed by atoms with Gasteiger partial charge in [0, 0.05) is 0 Å². The van der Waals surface area contributed by atoms with E-state index >= 15 is 0 Å². The van der Waals surface area contributed by atoms with Crippen molar-refractivity contribution >= 4 is 35.7 Å². The molecule has 130 valence electrons. The predicted octanol–water partition coefficient (Wildman–Crippen LogP) is -0.709. The molecule has 10 nitrogen and oxygen atoms in total. The molecule has 24 heavy (non-hydrogen) atoms. The van der Waals surface area contributed by atoms with Gasteiger partial charge in [0.05, 0.1) is 0 Å². The van der Waals surface area contributed by atoms with Gasteiger partial charge in [-0.1, -0.05) is 12.8 Å². The third-order valence-electron chi connectivity index (χ3n) is 4.52. The molecule has 2 aliphatic heterocycles. The largest absolute Gasteiger partial charge is 0.328 e. The van der Waals surface area contributed by atoms with Gasteiger partial charge in [-0.3, -0.25) is 40.4 Å². The van der Waals surface area contributed by atoms with Gasteiger partial charge >= 0.3 is 12.1 Å². The normalized spacial score (nSPS) is 22.4. The first-order chi connectivity index (χ1) is 11.1. The van der Waals surface area contributed by atoms with E-state index in [2.05, 4.69) is 0 Å². The van der Waals surface area contributed by atoms with Crippen LogP contribution in [0.4, 0.5) is 9.59 Å². The first-order valence-electron chi connectivity index (χ1n) is 7.43. The van der Waals surface area contributed by atoms with Gasteiger partial charge in [0.2, 0.25) is 23.6 Å². The number of hydrogen-bond acceptors (Lipinski definition) is 6. The lowest BCUT2D eigenvalue weighted by Gasteiger charge is -2.32. The zero-order valence-corrected chi connectivity index (χ0v) is 13.3. The molecule has 4 N–H and O–H groups in total. The number of carbonyl (C=O) groups is 6. The molecule has 0 saturated carbocycles. The number of urea groups is 2. The van der Waals surface area contributed by atoms with Crippen LogP contribution in [0.1, 0.15) is 39.5 Å². The first kappa shape index (κ1) is 17.6. The van der Waals surface area contributed by atoms with E-state index in [9.17, 15) is 28.8 Å². The third kappa shape index (κ3) is 2.99. The Morgan fingerprint density at radius 2 is 0.833 bits per heavy atom. The Kier molecular flexibility index (Phi) is 4.41. The molecule has 0 bridgehead atoms. The van der Waals surface area contributed by atoms with Gasteiger partial charge in [-0.25, -0.2) is 9.59 Å². The summed E-state index contributed by atoms with van der Waals surface area (Å²) in [7, 11) is 0. The molecule has 2 heterocycles. The summed E-state index contributed by atoms with van der Waals surface area (Å²) < 4.78 is 0. The van der Waals surface area contributed by atoms with Crippen molar-refractivity contribution in [3.05, 3.63) is 0 Å². The zero-order chi connectivity index (χ0) is 18.1. The number of barbiturate groups is 2. The number of amides is 8. The van der Waals surface area contributed by atoms with Crippen molar-refractivity contribution in [3.63, 3.8) is 0 Å². The first-order valence-corrected chi connectivity index (χ1v) is 7.43. The standard InChI is InChI=1S/C14H18N4O6/c1-13(7(19)15-11(23)16-8(13)20)5-3-4-6-14(2)9(21)17-12(24)18-10(14)22/h3-6H2,1-2H3,(H2,15,16,19,20,23)(H2,17,18,21,22,24). The van der Waals surface area contributed by atoms with Crippen LogP contribution in [-0.4, -0.2) is 35.7 Å². The molecule has 2 fully saturated rings. The smallest absolute Gasteiger partial charge is 0.277 e. The SMILES string of the molecule is CC1(CCCCC2(C)C(=O)NC(=O)NC2=O)C(=O)NC(=O)NC1=O. The number of unbranched alkanes of at least 4 members (excludes halogenated alkanes) is 1. The number of imide groups is 4. The maximum absolute atomic E-state index is 11.9. The predicted molar refractivity (Wildman–Crippen MR) is 78.0 cm³/mol. The molecule has 0 aromatic heterocycles. The van der Waals surface area contributed by atoms with Gasteiger partial charge in [0.25, 0.3) is 0 Å². The van der Waals surface area contributed by atoms with Gasteiger partial charge in [-0.2, -0.15) is 0 Å². The summed E-state index contributed by atoms with van der Waals surface area (Å²) in [6.45, 7) is 2.84. The molecule has 0 unspecified atom stereocenters. The van der Waals surface area contributed by atoms with Crippen molar-refractivity contribution in [2.45, 2.75) is 39.5 Å². The molecule has 0 spiro atoms. The van der Waals surface area contributed by atoms with E-state index in [4.69, 9.17) is 0 Å². The second-order valence-corrected chi connectivity index (χ2v) is 6.35. The summed E-state index contributed by atoms with van der Waals surface area (Å²) in [5.41, 5.74) is -2.77. The van der Waals surface area contributed by atoms with E-state index in [-0.39, 0.29) is 12.8 Å². The van der Waals surface area contributed by atoms with Crippen molar-refractivity contribution in [1.82, 2.24) is 21.3 Å². The Balaban J connectivity index is 1.92. The summed E-state index contributed by atoms with van der Waals surface area (Å²) in [6, 6.07) is -1.70. The van der Waals surface area contributed by atoms with Crippen molar-refractivity contribution in [2.75, 3.05) is 0 Å². The lowest BCUT2D eigenvalue weighted by Crippen LogP contribution is -2.61. The lowest BCUT2D eigenvalue weighted by molar-refractivity contribution is -0.146. The van der Waals surface area contributed by atoms with Crippen LogP contribution in [0.2, 0.25) is 0 Å². The third-order valence-corrected chi connectivity index (χ3v) is 4.52. The molecule has 8 amide bonds. The van der Waals surface area contributed by atoms with E-state index in [1.54, 1.807) is 0 Å². The second kappa shape index (κ2) is 6.02. The second-order valence-electron chi connectivity index (χ2n) is 6.35. The van der Waals surface area contributed by atoms with Crippen LogP contribution in [0.15, 0.2) is 0 Å². The van der Waals surface area contributed by atoms with Crippen LogP contribution in [-0.2, 0) is 19.2 Å². The lowest BCUT2D eigenvalue weighted by atomic mass is 9.78. The summed E-state index contributed by atoms with van der Waals surface area (Å²) in [6.07, 6.45) is 1.04. The van der Waals surface area contributed by atoms with Crippen LogP contribution in [0, 0.1) is 10.8 Å². The Hall–Kier alpha value is -2.78. The number of carbonyl (C=O) groups excluding carboxylic acids is 6. The van der Waals surface area contributed by atoms with Crippen molar-refractivity contribution in [3.8, 4) is 0 Å². The van der Waals surface area contributed by atoms with E-state index in [1.807, 2.05) is 21.3 Å². The van der Waals surface area contributed by atoms with Crippen molar-refractivity contribution < 1.29 is 28.8 Å². The van der Waals surface area contributed by atoms with Crippen LogP contribution < -0.4 is 21.3 Å². The van der Waals surface area contributed by atoms with E-state index in [0.717, 1.165) is 0 Å². The summed E-state index contributed by atoms with van der Waals surface area (Å²) >= 11 is 0. The van der Waals surface area contributed by atoms with Gasteiger partial charge in [-0.15, -0.1) is 0 Å². The minimum Gasteiger partial charge on any atom is -0.277 e. The fourth-order valence-corrected chi connectivity index (χ4v) is 2.64. The van der Waals surface area contributed by atoms with Crippen molar-refractivity contribution in [1.29, 1.82) is 0 Å². The monoisotopic (exact) mass is 338 g/mol. The molecule has 0 atom stereocenters. The fourth-order valence-electron chi connectivity index (χ4n) is 2.64. The number of hydrogen-bond donors (Lipinski definition) is 4. The van der Waals surface area contributed by atoms with E-state index < -0.39 is 46.5 Å². The molecular weight excluding hydrogens is 320 g/mol. The Morgan fingerprint density at radius 1 is 0.583 bits per heavy atom. The van der Waals surface area contributed by atoms with Crippen LogP contribution in [0.3, 0.4) is 0 Å². The summed E-state index contributed by atoms with van der Waals surface area (Å²) in [5.74, 6) is -2.72. The Labute approximate surface area is 137 Å². The summed E-state index contributed by atoms with van der Waals surface area (Å²) in [4.78, 5) is 69.6. The molecule has 2 aliphatic rings. The van der Waals surface area contributed by atoms with Crippen LogP contribution in [0.25, 0.3) is 0 Å². The Morgan fingerprint density at radius 3 is 1.08 bits per heavy atom. The molecular formula is C14H18N4O6. The quantitative estimate of drug-likeness (QED) is 0.384. The molecule has 10 heteroatoms. The molecule has 0 radical (unpaired) electrons. The van der Waals surface area contributed by atoms with Crippen molar-refractivity contribution in [2.24, 2.45) is 10.8 Å². The average molecular weight is 338 g/mol. The maximum atomic E-state index is 11.9. The Bertz CT molecular complexity index is 560. The highest BCUT2D eigenvalue weighted by molar-refractivity contribution is 6.19. The molecule has 2 rings (SSSR count). The fraction of sp³-hybridized carbons (Fsp3) is 0.571. The molecule has 2 saturated heterocycles. The van der Waals surface area contributed by atoms with Gasteiger partial charge in [-0.05, 0) is 26.7 Å². The van der Waals surface area contributed by atoms with E-state index in [0.29, 0.717) is 12.8 Å². The number of nitrogens with one attached hydrogen (secondary N) is 4. The zero-order valence-electron chi connectivity index (χ0n) is 13.3. The minimum atomic E-state index is -1.39. The van der Waals surface area contributed by atoms with Crippen LogP contribution >= 0.6 is 0 Å². The number of rotatable bonds is 5. The molecule has 0 aromatic carbocycles.